The number of carbonyl (C=O) groups excluding carboxylic acids is 1. The Labute approximate surface area is 78.6 Å². The zero-order valence-corrected chi connectivity index (χ0v) is 8.04. The predicted octanol–water partition coefficient (Wildman–Crippen LogP) is 1.52. The fourth-order valence-corrected chi connectivity index (χ4v) is 0.832. The zero-order chi connectivity index (χ0) is 10.3. The van der Waals surface area contributed by atoms with Crippen LogP contribution in [0, 0.1) is 0 Å². The molecular weight excluding hydrogens is 166 g/mol. The molecule has 72 valence electrons. The third kappa shape index (κ3) is 4.15. The summed E-state index contributed by atoms with van der Waals surface area (Å²) in [6.45, 7) is 5.34. The molecule has 0 atom stereocenters. The van der Waals surface area contributed by atoms with Gasteiger partial charge in [0.25, 0.3) is 0 Å². The Morgan fingerprint density at radius 3 is 2.62 bits per heavy atom. The number of hydrogen-bond acceptors (Lipinski definition) is 3. The summed E-state index contributed by atoms with van der Waals surface area (Å²) in [6.07, 6.45) is 5.21. The minimum absolute atomic E-state index is 0.198. The van der Waals surface area contributed by atoms with Crippen LogP contribution in [0.2, 0.25) is 0 Å². The van der Waals surface area contributed by atoms with Gasteiger partial charge in [-0.3, -0.25) is 4.79 Å². The van der Waals surface area contributed by atoms with E-state index in [2.05, 4.69) is 11.3 Å². The first kappa shape index (κ1) is 11.5. The van der Waals surface area contributed by atoms with Crippen molar-refractivity contribution in [2.75, 3.05) is 7.11 Å². The minimum Gasteiger partial charge on any atom is -0.469 e. The van der Waals surface area contributed by atoms with Crippen LogP contribution >= 0.6 is 0 Å². The summed E-state index contributed by atoms with van der Waals surface area (Å²) in [5.41, 5.74) is 6.96. The van der Waals surface area contributed by atoms with Crippen molar-refractivity contribution in [3.8, 4) is 0 Å². The molecule has 3 heteroatoms. The predicted molar refractivity (Wildman–Crippen MR) is 52.9 cm³/mol. The highest BCUT2D eigenvalue weighted by atomic mass is 16.5. The maximum atomic E-state index is 10.9. The molecule has 2 N–H and O–H groups in total. The van der Waals surface area contributed by atoms with Crippen LogP contribution in [0.25, 0.3) is 0 Å². The van der Waals surface area contributed by atoms with Crippen molar-refractivity contribution in [3.05, 3.63) is 36.1 Å². The van der Waals surface area contributed by atoms with Crippen molar-refractivity contribution in [1.29, 1.82) is 0 Å². The van der Waals surface area contributed by atoms with E-state index in [9.17, 15) is 4.79 Å². The fraction of sp³-hybridized carbons (Fsp3) is 0.300. The van der Waals surface area contributed by atoms with Crippen LogP contribution in [0.5, 0.6) is 0 Å². The molecule has 0 amide bonds. The Bertz CT molecular complexity index is 252. The van der Waals surface area contributed by atoms with E-state index < -0.39 is 0 Å². The number of nitrogens with two attached hydrogens (primary N) is 1. The van der Waals surface area contributed by atoms with Crippen LogP contribution in [-0.2, 0) is 9.53 Å². The van der Waals surface area contributed by atoms with Gasteiger partial charge in [0.2, 0.25) is 0 Å². The van der Waals surface area contributed by atoms with Gasteiger partial charge in [-0.1, -0.05) is 18.7 Å². The van der Waals surface area contributed by atoms with Gasteiger partial charge in [0.15, 0.2) is 0 Å². The second-order valence-electron chi connectivity index (χ2n) is 2.42. The molecule has 0 rings (SSSR count). The maximum absolute atomic E-state index is 10.9. The minimum atomic E-state index is -0.298. The number of allylic oxidation sites excluding steroid dienone is 4. The Kier molecular flexibility index (Phi) is 5.35. The molecule has 0 aliphatic heterocycles. The van der Waals surface area contributed by atoms with Crippen LogP contribution in [0.4, 0.5) is 0 Å². The lowest BCUT2D eigenvalue weighted by Gasteiger charge is -2.04. The monoisotopic (exact) mass is 181 g/mol. The summed E-state index contributed by atoms with van der Waals surface area (Å²) >= 11 is 0. The molecule has 0 bridgehead atoms. The highest BCUT2D eigenvalue weighted by Crippen LogP contribution is 2.09. The molecule has 13 heavy (non-hydrogen) atoms. The standard InChI is InChI=1S/C10H15NO2/c1-4-6-9(11)8(5-2)7-10(12)13-3/h4-6H,1,7,11H2,2-3H3/b8-5-,9-6+. The van der Waals surface area contributed by atoms with E-state index in [0.717, 1.165) is 5.57 Å². The SMILES string of the molecule is C=C/C=C(N)\C(=C/C)CC(=O)OC. The van der Waals surface area contributed by atoms with E-state index in [0.29, 0.717) is 5.70 Å². The Morgan fingerprint density at radius 2 is 2.23 bits per heavy atom. The fourth-order valence-electron chi connectivity index (χ4n) is 0.832. The lowest BCUT2D eigenvalue weighted by Crippen LogP contribution is -2.07. The van der Waals surface area contributed by atoms with Gasteiger partial charge in [-0.05, 0) is 18.6 Å². The van der Waals surface area contributed by atoms with Crippen LogP contribution in [0.1, 0.15) is 13.3 Å². The second-order valence-corrected chi connectivity index (χ2v) is 2.42. The maximum Gasteiger partial charge on any atom is 0.310 e. The molecule has 0 spiro atoms. The molecule has 0 aromatic rings. The number of methoxy groups -OCH3 is 1. The zero-order valence-electron chi connectivity index (χ0n) is 8.04. The molecule has 0 radical (unpaired) electrons. The second kappa shape index (κ2) is 6.06. The summed E-state index contributed by atoms with van der Waals surface area (Å²) < 4.78 is 4.52. The van der Waals surface area contributed by atoms with E-state index in [1.807, 2.05) is 6.92 Å². The van der Waals surface area contributed by atoms with Crippen molar-refractivity contribution in [2.24, 2.45) is 5.73 Å². The number of hydrogen-bond donors (Lipinski definition) is 1. The topological polar surface area (TPSA) is 52.3 Å². The lowest BCUT2D eigenvalue weighted by molar-refractivity contribution is -0.139. The molecule has 0 unspecified atom stereocenters. The summed E-state index contributed by atoms with van der Waals surface area (Å²) in [7, 11) is 1.35. The van der Waals surface area contributed by atoms with E-state index in [1.54, 1.807) is 18.2 Å². The van der Waals surface area contributed by atoms with Crippen LogP contribution in [-0.4, -0.2) is 13.1 Å². The summed E-state index contributed by atoms with van der Waals surface area (Å²) in [5.74, 6) is -0.298. The first-order valence-corrected chi connectivity index (χ1v) is 3.96. The van der Waals surface area contributed by atoms with Crippen molar-refractivity contribution in [2.45, 2.75) is 13.3 Å². The van der Waals surface area contributed by atoms with Crippen molar-refractivity contribution in [3.63, 3.8) is 0 Å². The molecule has 0 aromatic carbocycles. The smallest absolute Gasteiger partial charge is 0.310 e. The van der Waals surface area contributed by atoms with Gasteiger partial charge in [0.1, 0.15) is 0 Å². The molecule has 0 heterocycles. The van der Waals surface area contributed by atoms with Gasteiger partial charge in [-0.2, -0.15) is 0 Å². The van der Waals surface area contributed by atoms with Crippen molar-refractivity contribution >= 4 is 5.97 Å². The summed E-state index contributed by atoms with van der Waals surface area (Å²) in [5, 5.41) is 0. The number of rotatable bonds is 4. The van der Waals surface area contributed by atoms with Crippen LogP contribution in [0.3, 0.4) is 0 Å². The van der Waals surface area contributed by atoms with E-state index in [1.165, 1.54) is 7.11 Å². The first-order valence-electron chi connectivity index (χ1n) is 3.96. The van der Waals surface area contributed by atoms with Gasteiger partial charge in [0.05, 0.1) is 13.5 Å². The largest absolute Gasteiger partial charge is 0.469 e. The highest BCUT2D eigenvalue weighted by Gasteiger charge is 2.06. The molecular formula is C10H15NO2. The van der Waals surface area contributed by atoms with E-state index >= 15 is 0 Å². The highest BCUT2D eigenvalue weighted by molar-refractivity contribution is 5.73. The summed E-state index contributed by atoms with van der Waals surface area (Å²) in [6, 6.07) is 0. The van der Waals surface area contributed by atoms with Gasteiger partial charge in [-0.15, -0.1) is 0 Å². The van der Waals surface area contributed by atoms with Crippen molar-refractivity contribution < 1.29 is 9.53 Å². The van der Waals surface area contributed by atoms with Gasteiger partial charge in [-0.25, -0.2) is 0 Å². The Hall–Kier alpha value is -1.51. The average molecular weight is 181 g/mol. The van der Waals surface area contributed by atoms with Crippen LogP contribution < -0.4 is 5.73 Å². The van der Waals surface area contributed by atoms with Gasteiger partial charge < -0.3 is 10.5 Å². The van der Waals surface area contributed by atoms with Crippen molar-refractivity contribution in [1.82, 2.24) is 0 Å². The Balaban J connectivity index is 4.46. The van der Waals surface area contributed by atoms with E-state index in [4.69, 9.17) is 5.73 Å². The lowest BCUT2D eigenvalue weighted by atomic mass is 10.1. The molecule has 0 saturated heterocycles. The number of ether oxygens (including phenoxy) is 1. The number of esters is 1. The molecule has 0 aliphatic rings. The summed E-state index contributed by atoms with van der Waals surface area (Å²) in [4.78, 5) is 10.9. The van der Waals surface area contributed by atoms with Gasteiger partial charge >= 0.3 is 5.97 Å². The van der Waals surface area contributed by atoms with E-state index in [-0.39, 0.29) is 12.4 Å². The van der Waals surface area contributed by atoms with Crippen LogP contribution in [0.15, 0.2) is 36.1 Å². The molecule has 0 saturated carbocycles. The van der Waals surface area contributed by atoms with Gasteiger partial charge in [0, 0.05) is 5.70 Å². The normalized spacial score (nSPS) is 12.5. The Morgan fingerprint density at radius 1 is 1.62 bits per heavy atom. The first-order chi connectivity index (χ1) is 6.15. The third-order valence-corrected chi connectivity index (χ3v) is 1.58. The molecule has 3 nitrogen and oxygen atoms in total. The third-order valence-electron chi connectivity index (χ3n) is 1.58. The quantitative estimate of drug-likeness (QED) is 0.528. The molecule has 0 fully saturated rings. The molecule has 0 aliphatic carbocycles. The molecule has 0 aromatic heterocycles. The number of carbonyl (C=O) groups is 1. The average Bonchev–Trinajstić information content (AvgIpc) is 2.14.